The summed E-state index contributed by atoms with van der Waals surface area (Å²) < 4.78 is 34.6. The van der Waals surface area contributed by atoms with E-state index in [1.165, 1.54) is 39.9 Å². The summed E-state index contributed by atoms with van der Waals surface area (Å²) in [6, 6.07) is 13.3. The van der Waals surface area contributed by atoms with Gasteiger partial charge in [-0.25, -0.2) is 17.7 Å². The Labute approximate surface area is 208 Å². The Balaban J connectivity index is 1.55. The third-order valence-corrected chi connectivity index (χ3v) is 8.37. The molecule has 1 N–H and O–H groups in total. The minimum atomic E-state index is -3.60. The molecule has 2 heterocycles. The maximum Gasteiger partial charge on any atom is 0.256 e. The normalized spacial score (nSPS) is 11.8. The van der Waals surface area contributed by atoms with Crippen molar-refractivity contribution in [1.82, 2.24) is 19.1 Å². The van der Waals surface area contributed by atoms with Gasteiger partial charge in [-0.05, 0) is 49.7 Å². The predicted octanol–water partition coefficient (Wildman–Crippen LogP) is 4.47. The Morgan fingerprint density at radius 1 is 1.17 bits per heavy atom. The van der Waals surface area contributed by atoms with E-state index in [0.29, 0.717) is 34.5 Å². The highest BCUT2D eigenvalue weighted by Gasteiger charge is 2.21. The number of anilines is 1. The van der Waals surface area contributed by atoms with Crippen LogP contribution in [0.2, 0.25) is 0 Å². The van der Waals surface area contributed by atoms with Gasteiger partial charge in [0.15, 0.2) is 0 Å². The lowest BCUT2D eigenvalue weighted by Crippen LogP contribution is -2.28. The van der Waals surface area contributed by atoms with Crippen molar-refractivity contribution in [2.75, 3.05) is 26.0 Å². The quantitative estimate of drug-likeness (QED) is 0.354. The van der Waals surface area contributed by atoms with Crippen LogP contribution in [0.3, 0.4) is 0 Å². The van der Waals surface area contributed by atoms with Crippen molar-refractivity contribution in [3.8, 4) is 10.9 Å². The van der Waals surface area contributed by atoms with Crippen molar-refractivity contribution < 1.29 is 17.9 Å². The molecule has 0 fully saturated rings. The molecule has 0 unspecified atom stereocenters. The molecule has 0 aliphatic rings. The van der Waals surface area contributed by atoms with Crippen molar-refractivity contribution >= 4 is 43.3 Å². The van der Waals surface area contributed by atoms with E-state index in [1.54, 1.807) is 24.9 Å². The Morgan fingerprint density at radius 3 is 2.60 bits per heavy atom. The topological polar surface area (TPSA) is 106 Å². The lowest BCUT2D eigenvalue weighted by atomic mass is 10.2. The first kappa shape index (κ1) is 24.8. The molecule has 0 spiro atoms. The number of thiazole rings is 1. The summed E-state index contributed by atoms with van der Waals surface area (Å²) >= 11 is 1.44. The summed E-state index contributed by atoms with van der Waals surface area (Å²) in [5, 5.41) is 7.96. The zero-order valence-electron chi connectivity index (χ0n) is 20.0. The summed E-state index contributed by atoms with van der Waals surface area (Å²) in [4.78, 5) is 17.7. The van der Waals surface area contributed by atoms with E-state index in [1.807, 2.05) is 32.0 Å². The second kappa shape index (κ2) is 10.1. The fourth-order valence-electron chi connectivity index (χ4n) is 3.49. The molecule has 184 valence electrons. The Kier molecular flexibility index (Phi) is 7.20. The maximum atomic E-state index is 13.0. The number of aryl methyl sites for hydroxylation is 1. The smallest absolute Gasteiger partial charge is 0.256 e. The fraction of sp³-hybridized carbons (Fsp3) is 0.292. The van der Waals surface area contributed by atoms with Crippen molar-refractivity contribution in [2.24, 2.45) is 0 Å². The maximum absolute atomic E-state index is 13.0. The lowest BCUT2D eigenvalue weighted by Gasteiger charge is -2.17. The molecule has 11 heteroatoms. The van der Waals surface area contributed by atoms with Crippen LogP contribution in [0.15, 0.2) is 53.4 Å². The van der Waals surface area contributed by atoms with Gasteiger partial charge < -0.3 is 10.1 Å². The van der Waals surface area contributed by atoms with Crippen LogP contribution < -0.4 is 10.1 Å². The van der Waals surface area contributed by atoms with Gasteiger partial charge in [0.2, 0.25) is 15.2 Å². The SMILES string of the molecule is CCCCN(C)S(=O)(=O)c1ccc(C(=O)Nc2cc(C)nn2-c2nc3cc(OC)ccc3s2)cc1. The highest BCUT2D eigenvalue weighted by atomic mass is 32.2. The monoisotopic (exact) mass is 513 g/mol. The minimum absolute atomic E-state index is 0.151. The molecule has 0 radical (unpaired) electrons. The molecule has 0 saturated carbocycles. The van der Waals surface area contributed by atoms with Gasteiger partial charge in [0.1, 0.15) is 11.6 Å². The summed E-state index contributed by atoms with van der Waals surface area (Å²) in [6.45, 7) is 4.29. The number of nitrogens with one attached hydrogen (secondary N) is 1. The number of sulfonamides is 1. The average Bonchev–Trinajstić information content (AvgIpc) is 3.44. The molecule has 1 amide bonds. The molecule has 4 rings (SSSR count). The van der Waals surface area contributed by atoms with Crippen LogP contribution in [-0.4, -0.2) is 54.1 Å². The van der Waals surface area contributed by atoms with E-state index in [2.05, 4.69) is 15.4 Å². The minimum Gasteiger partial charge on any atom is -0.497 e. The molecule has 0 aliphatic heterocycles. The van der Waals surface area contributed by atoms with Gasteiger partial charge in [-0.2, -0.15) is 9.78 Å². The first-order chi connectivity index (χ1) is 16.7. The second-order valence-corrected chi connectivity index (χ2v) is 11.1. The molecule has 0 atom stereocenters. The number of amides is 1. The number of methoxy groups -OCH3 is 1. The highest BCUT2D eigenvalue weighted by Crippen LogP contribution is 2.30. The number of fused-ring (bicyclic) bond motifs is 1. The number of hydrogen-bond acceptors (Lipinski definition) is 7. The molecule has 2 aromatic heterocycles. The third-order valence-electron chi connectivity index (χ3n) is 5.49. The van der Waals surface area contributed by atoms with Crippen LogP contribution in [-0.2, 0) is 10.0 Å². The van der Waals surface area contributed by atoms with E-state index in [-0.39, 0.29) is 10.8 Å². The standard InChI is InChI=1S/C24H27N5O4S2/c1-5-6-13-28(3)35(31,32)19-10-7-17(8-11-19)23(30)26-22-14-16(2)27-29(22)24-25-20-15-18(33-4)9-12-21(20)34-24/h7-12,14-15H,5-6,13H2,1-4H3,(H,26,30). The molecule has 35 heavy (non-hydrogen) atoms. The number of nitrogens with zero attached hydrogens (tertiary/aromatic N) is 4. The fourth-order valence-corrected chi connectivity index (χ4v) is 5.62. The van der Waals surface area contributed by atoms with Crippen LogP contribution in [0.5, 0.6) is 5.75 Å². The zero-order valence-corrected chi connectivity index (χ0v) is 21.6. The van der Waals surface area contributed by atoms with E-state index >= 15 is 0 Å². The number of unbranched alkanes of at least 4 members (excludes halogenated alkanes) is 1. The Bertz CT molecular complexity index is 1460. The van der Waals surface area contributed by atoms with Crippen molar-refractivity contribution in [2.45, 2.75) is 31.6 Å². The summed E-state index contributed by atoms with van der Waals surface area (Å²) in [5.74, 6) is 0.799. The molecular weight excluding hydrogens is 486 g/mol. The first-order valence-corrected chi connectivity index (χ1v) is 13.4. The van der Waals surface area contributed by atoms with E-state index in [4.69, 9.17) is 4.74 Å². The number of hydrogen-bond donors (Lipinski definition) is 1. The molecule has 0 aliphatic carbocycles. The number of carbonyl (C=O) groups is 1. The molecule has 0 saturated heterocycles. The van der Waals surface area contributed by atoms with Crippen molar-refractivity contribution in [3.05, 3.63) is 59.8 Å². The van der Waals surface area contributed by atoms with Gasteiger partial charge in [0, 0.05) is 31.3 Å². The summed E-state index contributed by atoms with van der Waals surface area (Å²) in [6.07, 6.45) is 1.69. The van der Waals surface area contributed by atoms with Crippen LogP contribution in [0.4, 0.5) is 5.82 Å². The van der Waals surface area contributed by atoms with Gasteiger partial charge in [-0.15, -0.1) is 0 Å². The van der Waals surface area contributed by atoms with Gasteiger partial charge >= 0.3 is 0 Å². The first-order valence-electron chi connectivity index (χ1n) is 11.1. The predicted molar refractivity (Wildman–Crippen MR) is 137 cm³/mol. The van der Waals surface area contributed by atoms with Gasteiger partial charge in [0.05, 0.1) is 27.9 Å². The molecule has 9 nitrogen and oxygen atoms in total. The van der Waals surface area contributed by atoms with Gasteiger partial charge in [-0.3, -0.25) is 4.79 Å². The number of benzene rings is 2. The highest BCUT2D eigenvalue weighted by molar-refractivity contribution is 7.89. The van der Waals surface area contributed by atoms with Crippen LogP contribution in [0, 0.1) is 6.92 Å². The van der Waals surface area contributed by atoms with Crippen LogP contribution in [0.25, 0.3) is 15.3 Å². The molecule has 0 bridgehead atoms. The molecule has 2 aromatic carbocycles. The third kappa shape index (κ3) is 5.21. The summed E-state index contributed by atoms with van der Waals surface area (Å²) in [7, 11) is -0.433. The number of carbonyl (C=O) groups excluding carboxylic acids is 1. The van der Waals surface area contributed by atoms with Gasteiger partial charge in [-0.1, -0.05) is 24.7 Å². The molecular formula is C24H27N5O4S2. The number of ether oxygens (including phenoxy) is 1. The van der Waals surface area contributed by atoms with Crippen LogP contribution in [0.1, 0.15) is 35.8 Å². The van der Waals surface area contributed by atoms with Crippen molar-refractivity contribution in [1.29, 1.82) is 0 Å². The van der Waals surface area contributed by atoms with Crippen LogP contribution >= 0.6 is 11.3 Å². The average molecular weight is 514 g/mol. The number of rotatable bonds is 9. The van der Waals surface area contributed by atoms with E-state index in [0.717, 1.165) is 23.1 Å². The largest absolute Gasteiger partial charge is 0.497 e. The summed E-state index contributed by atoms with van der Waals surface area (Å²) in [5.41, 5.74) is 1.82. The lowest BCUT2D eigenvalue weighted by molar-refractivity contribution is 0.102. The van der Waals surface area contributed by atoms with E-state index in [9.17, 15) is 13.2 Å². The Morgan fingerprint density at radius 2 is 1.91 bits per heavy atom. The Hall–Kier alpha value is -3.28. The van der Waals surface area contributed by atoms with Crippen molar-refractivity contribution in [3.63, 3.8) is 0 Å². The van der Waals surface area contributed by atoms with E-state index < -0.39 is 10.0 Å². The number of aromatic nitrogens is 3. The zero-order chi connectivity index (χ0) is 25.2. The second-order valence-electron chi connectivity index (χ2n) is 8.07. The molecule has 4 aromatic rings. The van der Waals surface area contributed by atoms with Gasteiger partial charge in [0.25, 0.3) is 5.91 Å².